The second-order valence-electron chi connectivity index (χ2n) is 5.10. The first kappa shape index (κ1) is 15.2. The van der Waals surface area contributed by atoms with Gasteiger partial charge in [-0.2, -0.15) is 0 Å². The normalized spacial score (nSPS) is 13.7. The Morgan fingerprint density at radius 1 is 1.19 bits per heavy atom. The lowest BCUT2D eigenvalue weighted by molar-refractivity contribution is -0.142. The van der Waals surface area contributed by atoms with Crippen LogP contribution in [0.1, 0.15) is 25.0 Å². The number of aliphatic carboxylic acids is 1. The van der Waals surface area contributed by atoms with Crippen molar-refractivity contribution in [3.63, 3.8) is 0 Å². The molecule has 2 aromatic rings. The third-order valence-electron chi connectivity index (χ3n) is 3.46. The minimum absolute atomic E-state index is 0.0550. The van der Waals surface area contributed by atoms with E-state index >= 15 is 0 Å². The highest BCUT2D eigenvalue weighted by atomic mass is 19.1. The molecule has 110 valence electrons. The van der Waals surface area contributed by atoms with Crippen molar-refractivity contribution in [2.45, 2.75) is 19.4 Å². The molecular formula is C17H17FO3. The van der Waals surface area contributed by atoms with Gasteiger partial charge in [-0.15, -0.1) is 0 Å². The van der Waals surface area contributed by atoms with Crippen LogP contribution in [-0.2, 0) is 4.79 Å². The Morgan fingerprint density at radius 2 is 1.86 bits per heavy atom. The van der Waals surface area contributed by atoms with E-state index < -0.39 is 23.8 Å². The molecule has 3 nitrogen and oxygen atoms in total. The van der Waals surface area contributed by atoms with E-state index in [-0.39, 0.29) is 6.42 Å². The molecule has 0 aliphatic carbocycles. The Labute approximate surface area is 122 Å². The van der Waals surface area contributed by atoms with Crippen LogP contribution >= 0.6 is 0 Å². The Hall–Kier alpha value is -2.20. The lowest BCUT2D eigenvalue weighted by atomic mass is 9.96. The average Bonchev–Trinajstić information content (AvgIpc) is 2.47. The van der Waals surface area contributed by atoms with Gasteiger partial charge in [-0.1, -0.05) is 49.4 Å². The SMILES string of the molecule is CC(CC(O)c1ccc(-c2ccccc2)c(F)c1)C(=O)O. The van der Waals surface area contributed by atoms with Crippen molar-refractivity contribution in [3.8, 4) is 11.1 Å². The van der Waals surface area contributed by atoms with Gasteiger partial charge in [0, 0.05) is 5.56 Å². The maximum absolute atomic E-state index is 14.2. The predicted molar refractivity (Wildman–Crippen MR) is 78.2 cm³/mol. The molecule has 2 unspecified atom stereocenters. The molecule has 4 heteroatoms. The summed E-state index contributed by atoms with van der Waals surface area (Å²) in [6, 6.07) is 13.6. The summed E-state index contributed by atoms with van der Waals surface area (Å²) in [4.78, 5) is 10.8. The fourth-order valence-corrected chi connectivity index (χ4v) is 2.16. The zero-order chi connectivity index (χ0) is 15.4. The van der Waals surface area contributed by atoms with Crippen molar-refractivity contribution in [1.82, 2.24) is 0 Å². The van der Waals surface area contributed by atoms with Crippen molar-refractivity contribution in [3.05, 3.63) is 59.9 Å². The number of halogens is 1. The summed E-state index contributed by atoms with van der Waals surface area (Å²) in [5, 5.41) is 18.8. The van der Waals surface area contributed by atoms with Crippen molar-refractivity contribution < 1.29 is 19.4 Å². The van der Waals surface area contributed by atoms with Gasteiger partial charge < -0.3 is 10.2 Å². The number of hydrogen-bond donors (Lipinski definition) is 2. The second kappa shape index (κ2) is 6.50. The molecule has 21 heavy (non-hydrogen) atoms. The van der Waals surface area contributed by atoms with Gasteiger partial charge in [-0.25, -0.2) is 4.39 Å². The van der Waals surface area contributed by atoms with Gasteiger partial charge in [0.2, 0.25) is 0 Å². The molecule has 2 atom stereocenters. The van der Waals surface area contributed by atoms with E-state index in [9.17, 15) is 14.3 Å². The first-order chi connectivity index (χ1) is 9.99. The molecule has 0 aliphatic heterocycles. The Morgan fingerprint density at radius 3 is 2.43 bits per heavy atom. The molecule has 2 aromatic carbocycles. The van der Waals surface area contributed by atoms with E-state index in [1.807, 2.05) is 18.2 Å². The molecule has 0 amide bonds. The first-order valence-corrected chi connectivity index (χ1v) is 6.74. The molecule has 0 heterocycles. The summed E-state index contributed by atoms with van der Waals surface area (Å²) < 4.78 is 14.2. The average molecular weight is 288 g/mol. The lowest BCUT2D eigenvalue weighted by Gasteiger charge is -2.15. The standard InChI is InChI=1S/C17H17FO3/c1-11(17(20)21)9-16(19)13-7-8-14(15(18)10-13)12-5-3-2-4-6-12/h2-8,10-11,16,19H,9H2,1H3,(H,20,21). The van der Waals surface area contributed by atoms with Crippen LogP contribution in [-0.4, -0.2) is 16.2 Å². The number of hydrogen-bond acceptors (Lipinski definition) is 2. The van der Waals surface area contributed by atoms with Gasteiger partial charge in [-0.05, 0) is 23.6 Å². The Kier molecular flexibility index (Phi) is 4.70. The van der Waals surface area contributed by atoms with E-state index in [2.05, 4.69) is 0 Å². The maximum atomic E-state index is 14.2. The number of aliphatic hydroxyl groups excluding tert-OH is 1. The molecule has 0 saturated heterocycles. The fourth-order valence-electron chi connectivity index (χ4n) is 2.16. The quantitative estimate of drug-likeness (QED) is 0.883. The third-order valence-corrected chi connectivity index (χ3v) is 3.46. The van der Waals surface area contributed by atoms with E-state index in [1.54, 1.807) is 24.3 Å². The summed E-state index contributed by atoms with van der Waals surface area (Å²) in [7, 11) is 0. The summed E-state index contributed by atoms with van der Waals surface area (Å²) >= 11 is 0. The maximum Gasteiger partial charge on any atom is 0.306 e. The lowest BCUT2D eigenvalue weighted by Crippen LogP contribution is -2.13. The minimum Gasteiger partial charge on any atom is -0.481 e. The van der Waals surface area contributed by atoms with E-state index in [0.29, 0.717) is 11.1 Å². The number of carboxylic acids is 1. The van der Waals surface area contributed by atoms with Crippen LogP contribution in [0, 0.1) is 11.7 Å². The van der Waals surface area contributed by atoms with Crippen LogP contribution in [0.25, 0.3) is 11.1 Å². The number of aliphatic hydroxyl groups is 1. The van der Waals surface area contributed by atoms with Gasteiger partial charge in [0.05, 0.1) is 12.0 Å². The molecule has 2 rings (SSSR count). The fraction of sp³-hybridized carbons (Fsp3) is 0.235. The van der Waals surface area contributed by atoms with Gasteiger partial charge in [-0.3, -0.25) is 4.79 Å². The summed E-state index contributed by atoms with van der Waals surface area (Å²) in [6.45, 7) is 1.51. The summed E-state index contributed by atoms with van der Waals surface area (Å²) in [5.74, 6) is -2.09. The van der Waals surface area contributed by atoms with E-state index in [0.717, 1.165) is 5.56 Å². The highest BCUT2D eigenvalue weighted by Gasteiger charge is 2.18. The van der Waals surface area contributed by atoms with Crippen LogP contribution in [0.3, 0.4) is 0 Å². The molecule has 0 aromatic heterocycles. The van der Waals surface area contributed by atoms with E-state index in [4.69, 9.17) is 5.11 Å². The topological polar surface area (TPSA) is 57.5 Å². The smallest absolute Gasteiger partial charge is 0.306 e. The molecule has 0 aliphatic rings. The minimum atomic E-state index is -0.990. The molecule has 0 radical (unpaired) electrons. The molecule has 0 bridgehead atoms. The van der Waals surface area contributed by atoms with Crippen molar-refractivity contribution >= 4 is 5.97 Å². The number of benzene rings is 2. The van der Waals surface area contributed by atoms with Crippen molar-refractivity contribution in [2.24, 2.45) is 5.92 Å². The van der Waals surface area contributed by atoms with Crippen molar-refractivity contribution in [1.29, 1.82) is 0 Å². The first-order valence-electron chi connectivity index (χ1n) is 6.74. The van der Waals surface area contributed by atoms with Gasteiger partial charge in [0.15, 0.2) is 0 Å². The molecule has 2 N–H and O–H groups in total. The number of rotatable bonds is 5. The van der Waals surface area contributed by atoms with Crippen LogP contribution in [0.4, 0.5) is 4.39 Å². The monoisotopic (exact) mass is 288 g/mol. The highest BCUT2D eigenvalue weighted by Crippen LogP contribution is 2.27. The van der Waals surface area contributed by atoms with E-state index in [1.165, 1.54) is 13.0 Å². The van der Waals surface area contributed by atoms with Gasteiger partial charge >= 0.3 is 5.97 Å². The molecular weight excluding hydrogens is 271 g/mol. The summed E-state index contributed by atoms with van der Waals surface area (Å²) in [5.41, 5.74) is 1.60. The molecule has 0 spiro atoms. The zero-order valence-corrected chi connectivity index (χ0v) is 11.7. The third kappa shape index (κ3) is 3.67. The van der Waals surface area contributed by atoms with Crippen molar-refractivity contribution in [2.75, 3.05) is 0 Å². The van der Waals surface area contributed by atoms with Crippen LogP contribution < -0.4 is 0 Å². The number of carboxylic acid groups (broad SMARTS) is 1. The highest BCUT2D eigenvalue weighted by molar-refractivity contribution is 5.69. The predicted octanol–water partition coefficient (Wildman–Crippen LogP) is 3.64. The molecule has 0 saturated carbocycles. The zero-order valence-electron chi connectivity index (χ0n) is 11.7. The van der Waals surface area contributed by atoms with Gasteiger partial charge in [0.1, 0.15) is 5.82 Å². The Balaban J connectivity index is 2.21. The number of carbonyl (C=O) groups is 1. The van der Waals surface area contributed by atoms with Crippen LogP contribution in [0.2, 0.25) is 0 Å². The largest absolute Gasteiger partial charge is 0.481 e. The van der Waals surface area contributed by atoms with Gasteiger partial charge in [0.25, 0.3) is 0 Å². The van der Waals surface area contributed by atoms with Crippen LogP contribution in [0.15, 0.2) is 48.5 Å². The second-order valence-corrected chi connectivity index (χ2v) is 5.10. The molecule has 0 fully saturated rings. The van der Waals surface area contributed by atoms with Crippen LogP contribution in [0.5, 0.6) is 0 Å². The Bertz CT molecular complexity index is 625. The summed E-state index contributed by atoms with van der Waals surface area (Å²) in [6.07, 6.45) is -0.935.